The molecule has 2 aromatic carbocycles. The molecule has 0 saturated carbocycles. The Morgan fingerprint density at radius 3 is 2.38 bits per heavy atom. The van der Waals surface area contributed by atoms with Gasteiger partial charge < -0.3 is 15.0 Å². The largest absolute Gasteiger partial charge is 0.494 e. The number of hydrogen-bond acceptors (Lipinski definition) is 4. The summed E-state index contributed by atoms with van der Waals surface area (Å²) < 4.78 is 42.3. The molecule has 0 aliphatic heterocycles. The first-order chi connectivity index (χ1) is 17.7. The van der Waals surface area contributed by atoms with E-state index in [2.05, 4.69) is 15.3 Å². The molecule has 2 heterocycles. The number of benzene rings is 2. The summed E-state index contributed by atoms with van der Waals surface area (Å²) in [4.78, 5) is 32.7. The molecule has 4 rings (SSSR count). The van der Waals surface area contributed by atoms with E-state index in [0.717, 1.165) is 11.1 Å². The Kier molecular flexibility index (Phi) is 7.71. The number of alkyl halides is 3. The number of amides is 1. The molecule has 190 valence electrons. The van der Waals surface area contributed by atoms with Gasteiger partial charge >= 0.3 is 6.18 Å². The smallest absolute Gasteiger partial charge is 0.389 e. The van der Waals surface area contributed by atoms with Crippen molar-refractivity contribution < 1.29 is 22.7 Å². The first-order valence-electron chi connectivity index (χ1n) is 11.6. The second-order valence-electron chi connectivity index (χ2n) is 8.45. The minimum Gasteiger partial charge on any atom is -0.494 e. The summed E-state index contributed by atoms with van der Waals surface area (Å²) in [6, 6.07) is 19.2. The van der Waals surface area contributed by atoms with Gasteiger partial charge in [0.2, 0.25) is 0 Å². The van der Waals surface area contributed by atoms with Gasteiger partial charge in [-0.25, -0.2) is 0 Å². The quantitative estimate of drug-likeness (QED) is 0.271. The molecule has 0 aliphatic rings. The van der Waals surface area contributed by atoms with Crippen LogP contribution in [0.2, 0.25) is 0 Å². The highest BCUT2D eigenvalue weighted by atomic mass is 19.4. The molecular formula is C28H24F3N3O3. The highest BCUT2D eigenvalue weighted by Crippen LogP contribution is 2.30. The Morgan fingerprint density at radius 2 is 1.73 bits per heavy atom. The number of carbonyl (C=O) groups is 1. The van der Waals surface area contributed by atoms with Gasteiger partial charge in [-0.2, -0.15) is 13.2 Å². The zero-order chi connectivity index (χ0) is 26.4. The summed E-state index contributed by atoms with van der Waals surface area (Å²) in [5.74, 6) is -0.0425. The van der Waals surface area contributed by atoms with Crippen LogP contribution in [0.15, 0.2) is 83.9 Å². The van der Waals surface area contributed by atoms with Gasteiger partial charge in [-0.1, -0.05) is 29.8 Å². The summed E-state index contributed by atoms with van der Waals surface area (Å²) in [6.07, 6.45) is -2.29. The van der Waals surface area contributed by atoms with Crippen molar-refractivity contribution >= 4 is 11.6 Å². The third kappa shape index (κ3) is 6.84. The Hall–Kier alpha value is -4.40. The van der Waals surface area contributed by atoms with Crippen LogP contribution >= 0.6 is 0 Å². The predicted octanol–water partition coefficient (Wildman–Crippen LogP) is 6.39. The molecule has 0 unspecified atom stereocenters. The molecule has 0 radical (unpaired) electrons. The predicted molar refractivity (Wildman–Crippen MR) is 136 cm³/mol. The van der Waals surface area contributed by atoms with Gasteiger partial charge in [0.15, 0.2) is 0 Å². The molecule has 0 fully saturated rings. The Morgan fingerprint density at radius 1 is 1.03 bits per heavy atom. The third-order valence-corrected chi connectivity index (χ3v) is 5.60. The molecule has 0 aliphatic carbocycles. The van der Waals surface area contributed by atoms with Gasteiger partial charge in [-0.05, 0) is 66.9 Å². The molecule has 0 spiro atoms. The van der Waals surface area contributed by atoms with Gasteiger partial charge in [0.25, 0.3) is 11.5 Å². The lowest BCUT2D eigenvalue weighted by Crippen LogP contribution is -2.21. The molecule has 0 bridgehead atoms. The number of aromatic amines is 1. The topological polar surface area (TPSA) is 84.1 Å². The standard InChI is InChI=1S/C28H24F3N3O3/c1-18-5-7-19(8-6-18)23-16-24(20-9-11-22(12-10-20)37-15-3-13-28(29,30)31)33-27(36)25(23)34-26(35)21-4-2-14-32-17-21/h2,4-12,14,16-17H,3,13,15H2,1H3,(H,33,36)(H,34,35). The van der Waals surface area contributed by atoms with Crippen LogP contribution in [0.3, 0.4) is 0 Å². The maximum Gasteiger partial charge on any atom is 0.389 e. The normalized spacial score (nSPS) is 11.2. The second kappa shape index (κ2) is 11.1. The van der Waals surface area contributed by atoms with Crippen molar-refractivity contribution in [3.8, 4) is 28.1 Å². The fourth-order valence-corrected chi connectivity index (χ4v) is 3.68. The van der Waals surface area contributed by atoms with Gasteiger partial charge in [0, 0.05) is 30.1 Å². The molecule has 37 heavy (non-hydrogen) atoms. The molecule has 0 saturated heterocycles. The summed E-state index contributed by atoms with van der Waals surface area (Å²) in [5.41, 5.74) is 3.41. The van der Waals surface area contributed by atoms with Gasteiger partial charge in [0.1, 0.15) is 11.4 Å². The van der Waals surface area contributed by atoms with Crippen LogP contribution < -0.4 is 15.6 Å². The molecule has 2 aromatic heterocycles. The van der Waals surface area contributed by atoms with Crippen LogP contribution in [0.5, 0.6) is 5.75 Å². The van der Waals surface area contributed by atoms with Crippen LogP contribution in [0.25, 0.3) is 22.4 Å². The van der Waals surface area contributed by atoms with E-state index in [-0.39, 0.29) is 18.7 Å². The lowest BCUT2D eigenvalue weighted by molar-refractivity contribution is -0.136. The third-order valence-electron chi connectivity index (χ3n) is 5.60. The van der Waals surface area contributed by atoms with Crippen LogP contribution in [0.4, 0.5) is 18.9 Å². The first kappa shape index (κ1) is 25.7. The fourth-order valence-electron chi connectivity index (χ4n) is 3.68. The number of nitrogens with zero attached hydrogens (tertiary/aromatic N) is 1. The minimum atomic E-state index is -4.21. The Bertz CT molecular complexity index is 1420. The van der Waals surface area contributed by atoms with Crippen LogP contribution in [0.1, 0.15) is 28.8 Å². The average Bonchev–Trinajstić information content (AvgIpc) is 2.88. The molecule has 4 aromatic rings. The van der Waals surface area contributed by atoms with Gasteiger partial charge in [-0.3, -0.25) is 14.6 Å². The van der Waals surface area contributed by atoms with E-state index < -0.39 is 24.1 Å². The number of pyridine rings is 2. The van der Waals surface area contributed by atoms with Crippen molar-refractivity contribution in [3.63, 3.8) is 0 Å². The monoisotopic (exact) mass is 507 g/mol. The summed E-state index contributed by atoms with van der Waals surface area (Å²) in [5, 5.41) is 2.71. The van der Waals surface area contributed by atoms with Crippen LogP contribution in [-0.2, 0) is 0 Å². The van der Waals surface area contributed by atoms with E-state index in [4.69, 9.17) is 4.74 Å². The number of carbonyl (C=O) groups excluding carboxylic acids is 1. The Labute approximate surface area is 211 Å². The number of halogens is 3. The lowest BCUT2D eigenvalue weighted by atomic mass is 10.0. The maximum atomic E-state index is 13.2. The van der Waals surface area contributed by atoms with E-state index in [1.165, 1.54) is 6.20 Å². The summed E-state index contributed by atoms with van der Waals surface area (Å²) >= 11 is 0. The SMILES string of the molecule is Cc1ccc(-c2cc(-c3ccc(OCCCC(F)(F)F)cc3)[nH]c(=O)c2NC(=O)c2cccnc2)cc1. The van der Waals surface area contributed by atoms with Crippen molar-refractivity contribution in [1.82, 2.24) is 9.97 Å². The molecular weight excluding hydrogens is 483 g/mol. The molecule has 0 atom stereocenters. The zero-order valence-corrected chi connectivity index (χ0v) is 19.9. The lowest BCUT2D eigenvalue weighted by Gasteiger charge is -2.14. The highest BCUT2D eigenvalue weighted by Gasteiger charge is 2.26. The number of aryl methyl sites for hydroxylation is 1. The maximum absolute atomic E-state index is 13.2. The highest BCUT2D eigenvalue weighted by molar-refractivity contribution is 6.06. The first-order valence-corrected chi connectivity index (χ1v) is 11.6. The van der Waals surface area contributed by atoms with E-state index in [0.29, 0.717) is 28.1 Å². The zero-order valence-electron chi connectivity index (χ0n) is 19.9. The molecule has 6 nitrogen and oxygen atoms in total. The van der Waals surface area contributed by atoms with Crippen molar-refractivity contribution in [2.24, 2.45) is 0 Å². The Balaban J connectivity index is 1.62. The van der Waals surface area contributed by atoms with E-state index in [9.17, 15) is 22.8 Å². The molecule has 1 amide bonds. The summed E-state index contributed by atoms with van der Waals surface area (Å²) in [6.45, 7) is 1.89. The van der Waals surface area contributed by atoms with E-state index in [1.807, 2.05) is 31.2 Å². The van der Waals surface area contributed by atoms with Crippen molar-refractivity contribution in [1.29, 1.82) is 0 Å². The van der Waals surface area contributed by atoms with Crippen LogP contribution in [-0.4, -0.2) is 28.7 Å². The molecule has 9 heteroatoms. The number of rotatable bonds is 8. The van der Waals surface area contributed by atoms with Gasteiger partial charge in [-0.15, -0.1) is 0 Å². The second-order valence-corrected chi connectivity index (χ2v) is 8.45. The molecule has 2 N–H and O–H groups in total. The average molecular weight is 508 g/mol. The number of nitrogens with one attached hydrogen (secondary N) is 2. The number of ether oxygens (including phenoxy) is 1. The summed E-state index contributed by atoms with van der Waals surface area (Å²) in [7, 11) is 0. The van der Waals surface area contributed by atoms with Crippen molar-refractivity contribution in [3.05, 3.63) is 101 Å². The number of anilines is 1. The minimum absolute atomic E-state index is 0.0570. The van der Waals surface area contributed by atoms with E-state index >= 15 is 0 Å². The number of H-pyrrole nitrogens is 1. The number of hydrogen-bond donors (Lipinski definition) is 2. The van der Waals surface area contributed by atoms with Crippen molar-refractivity contribution in [2.45, 2.75) is 25.9 Å². The van der Waals surface area contributed by atoms with Gasteiger partial charge in [0.05, 0.1) is 12.2 Å². The van der Waals surface area contributed by atoms with Crippen LogP contribution in [0, 0.1) is 6.92 Å². The van der Waals surface area contributed by atoms with Crippen molar-refractivity contribution in [2.75, 3.05) is 11.9 Å². The van der Waals surface area contributed by atoms with E-state index in [1.54, 1.807) is 48.7 Å². The fraction of sp³-hybridized carbons (Fsp3) is 0.179. The number of aromatic nitrogens is 2.